The van der Waals surface area contributed by atoms with Gasteiger partial charge in [0, 0.05) is 28.0 Å². The number of unbranched alkanes of at least 4 members (excludes halogenated alkanes) is 7. The molecule has 1 unspecified atom stereocenters. The molecule has 0 aliphatic heterocycles. The summed E-state index contributed by atoms with van der Waals surface area (Å²) in [5, 5.41) is 15.2. The van der Waals surface area contributed by atoms with Gasteiger partial charge in [-0.05, 0) is 36.8 Å². The summed E-state index contributed by atoms with van der Waals surface area (Å²) >= 11 is 13.4. The number of aliphatic carboxylic acids is 1. The lowest BCUT2D eigenvalue weighted by Gasteiger charge is -2.08. The third kappa shape index (κ3) is 13.7. The SMILES string of the molecule is NC(CSCCCCCCCCCCNC(=O)Nc1cc(Cl)cc(Cl)c1)C(=O)O. The number of thioether (sulfide) groups is 1. The van der Waals surface area contributed by atoms with E-state index in [2.05, 4.69) is 10.6 Å². The highest BCUT2D eigenvalue weighted by Crippen LogP contribution is 2.22. The molecule has 0 bridgehead atoms. The Morgan fingerprint density at radius 2 is 1.52 bits per heavy atom. The maximum absolute atomic E-state index is 11.8. The molecule has 0 aromatic heterocycles. The van der Waals surface area contributed by atoms with Crippen LogP contribution in [-0.4, -0.2) is 41.2 Å². The van der Waals surface area contributed by atoms with E-state index in [0.717, 1.165) is 31.4 Å². The molecule has 1 rings (SSSR count). The summed E-state index contributed by atoms with van der Waals surface area (Å²) in [6.07, 6.45) is 9.09. The number of rotatable bonds is 15. The van der Waals surface area contributed by atoms with E-state index < -0.39 is 12.0 Å². The van der Waals surface area contributed by atoms with Gasteiger partial charge in [-0.3, -0.25) is 4.79 Å². The van der Waals surface area contributed by atoms with Crippen LogP contribution in [0.5, 0.6) is 0 Å². The number of hydrogen-bond acceptors (Lipinski definition) is 4. The number of nitrogens with two attached hydrogens (primary N) is 1. The molecule has 2 amide bonds. The molecule has 1 aromatic rings. The molecule has 0 aliphatic carbocycles. The zero-order chi connectivity index (χ0) is 21.5. The van der Waals surface area contributed by atoms with Gasteiger partial charge in [-0.2, -0.15) is 11.8 Å². The lowest BCUT2D eigenvalue weighted by atomic mass is 10.1. The van der Waals surface area contributed by atoms with Gasteiger partial charge >= 0.3 is 12.0 Å². The summed E-state index contributed by atoms with van der Waals surface area (Å²) in [5.41, 5.74) is 6.02. The molecule has 0 fully saturated rings. The topological polar surface area (TPSA) is 104 Å². The summed E-state index contributed by atoms with van der Waals surface area (Å²) in [6.45, 7) is 0.635. The molecule has 0 radical (unpaired) electrons. The largest absolute Gasteiger partial charge is 0.480 e. The minimum atomic E-state index is -0.931. The van der Waals surface area contributed by atoms with Crippen molar-refractivity contribution in [2.75, 3.05) is 23.4 Å². The van der Waals surface area contributed by atoms with Crippen molar-refractivity contribution < 1.29 is 14.7 Å². The molecule has 5 N–H and O–H groups in total. The first kappa shape index (κ1) is 25.9. The smallest absolute Gasteiger partial charge is 0.321 e. The average Bonchev–Trinajstić information content (AvgIpc) is 2.64. The van der Waals surface area contributed by atoms with Crippen LogP contribution in [0.25, 0.3) is 0 Å². The molecule has 9 heteroatoms. The number of hydrogen-bond donors (Lipinski definition) is 4. The number of amides is 2. The van der Waals surface area contributed by atoms with E-state index in [0.29, 0.717) is 28.0 Å². The van der Waals surface area contributed by atoms with E-state index in [1.54, 1.807) is 30.0 Å². The zero-order valence-electron chi connectivity index (χ0n) is 16.6. The molecule has 0 saturated heterocycles. The number of anilines is 1. The van der Waals surface area contributed by atoms with Gasteiger partial charge in [-0.25, -0.2) is 4.79 Å². The van der Waals surface area contributed by atoms with Crippen molar-refractivity contribution in [2.45, 2.75) is 57.4 Å². The highest BCUT2D eigenvalue weighted by Gasteiger charge is 2.10. The molecule has 0 heterocycles. The number of urea groups is 1. The fourth-order valence-corrected chi connectivity index (χ4v) is 4.17. The van der Waals surface area contributed by atoms with Crippen molar-refractivity contribution in [3.05, 3.63) is 28.2 Å². The van der Waals surface area contributed by atoms with E-state index in [1.165, 1.54) is 25.7 Å². The molecule has 164 valence electrons. The number of halogens is 2. The molecular formula is C20H31Cl2N3O3S. The zero-order valence-corrected chi connectivity index (χ0v) is 18.9. The van der Waals surface area contributed by atoms with Crippen LogP contribution in [0, 0.1) is 0 Å². The second-order valence-electron chi connectivity index (χ2n) is 6.89. The number of carboxylic acid groups (broad SMARTS) is 1. The standard InChI is InChI=1S/C20H31Cl2N3O3S/c21-15-11-16(22)13-17(12-15)25-20(28)24-9-7-5-3-1-2-4-6-8-10-29-14-18(23)19(26)27/h11-13,18H,1-10,14,23H2,(H,26,27)(H2,24,25,28). The monoisotopic (exact) mass is 463 g/mol. The van der Waals surface area contributed by atoms with Gasteiger partial charge in [0.15, 0.2) is 0 Å². The van der Waals surface area contributed by atoms with Crippen LogP contribution in [0.15, 0.2) is 18.2 Å². The fraction of sp³-hybridized carbons (Fsp3) is 0.600. The van der Waals surface area contributed by atoms with Crippen LogP contribution >= 0.6 is 35.0 Å². The van der Waals surface area contributed by atoms with Gasteiger partial charge in [0.2, 0.25) is 0 Å². The van der Waals surface area contributed by atoms with Crippen LogP contribution in [0.1, 0.15) is 51.4 Å². The Balaban J connectivity index is 1.89. The van der Waals surface area contributed by atoms with E-state index in [4.69, 9.17) is 34.0 Å². The highest BCUT2D eigenvalue weighted by molar-refractivity contribution is 7.99. The number of carbonyl (C=O) groups is 2. The van der Waals surface area contributed by atoms with E-state index in [-0.39, 0.29) is 6.03 Å². The first-order valence-electron chi connectivity index (χ1n) is 9.95. The molecule has 1 aromatic carbocycles. The Morgan fingerprint density at radius 1 is 0.966 bits per heavy atom. The van der Waals surface area contributed by atoms with Crippen molar-refractivity contribution in [3.63, 3.8) is 0 Å². The van der Waals surface area contributed by atoms with Gasteiger partial charge < -0.3 is 21.5 Å². The molecule has 1 atom stereocenters. The van der Waals surface area contributed by atoms with Crippen LogP contribution in [0.3, 0.4) is 0 Å². The highest BCUT2D eigenvalue weighted by atomic mass is 35.5. The minimum Gasteiger partial charge on any atom is -0.480 e. The second-order valence-corrected chi connectivity index (χ2v) is 8.91. The number of benzene rings is 1. The Kier molecular flexibility index (Phi) is 14.0. The van der Waals surface area contributed by atoms with Gasteiger partial charge in [0.25, 0.3) is 0 Å². The first-order chi connectivity index (χ1) is 13.9. The Labute approximate surface area is 187 Å². The van der Waals surface area contributed by atoms with E-state index in [1.807, 2.05) is 0 Å². The maximum Gasteiger partial charge on any atom is 0.321 e. The molecule has 0 spiro atoms. The maximum atomic E-state index is 11.8. The Morgan fingerprint density at radius 3 is 2.10 bits per heavy atom. The third-order valence-electron chi connectivity index (χ3n) is 4.24. The number of carbonyl (C=O) groups excluding carboxylic acids is 1. The van der Waals surface area contributed by atoms with Gasteiger partial charge in [0.05, 0.1) is 0 Å². The number of carboxylic acids is 1. The summed E-state index contributed by atoms with van der Waals surface area (Å²) in [4.78, 5) is 22.4. The van der Waals surface area contributed by atoms with E-state index >= 15 is 0 Å². The van der Waals surface area contributed by atoms with Crippen LogP contribution in [0.2, 0.25) is 10.0 Å². The summed E-state index contributed by atoms with van der Waals surface area (Å²) in [5.74, 6) is 0.518. The van der Waals surface area contributed by atoms with Crippen molar-refractivity contribution in [1.82, 2.24) is 5.32 Å². The van der Waals surface area contributed by atoms with Crippen molar-refractivity contribution >= 4 is 52.7 Å². The van der Waals surface area contributed by atoms with Gasteiger partial charge in [0.1, 0.15) is 6.04 Å². The van der Waals surface area contributed by atoms with Gasteiger partial charge in [-0.15, -0.1) is 0 Å². The summed E-state index contributed by atoms with van der Waals surface area (Å²) < 4.78 is 0. The third-order valence-corrected chi connectivity index (χ3v) is 5.84. The second kappa shape index (κ2) is 15.7. The minimum absolute atomic E-state index is 0.259. The molecule has 29 heavy (non-hydrogen) atoms. The van der Waals surface area contributed by atoms with Crippen molar-refractivity contribution in [1.29, 1.82) is 0 Å². The quantitative estimate of drug-likeness (QED) is 0.261. The predicted molar refractivity (Wildman–Crippen MR) is 123 cm³/mol. The molecule has 0 aliphatic rings. The predicted octanol–water partition coefficient (Wildman–Crippen LogP) is 5.38. The Hall–Kier alpha value is -1.15. The summed E-state index contributed by atoms with van der Waals surface area (Å²) in [6, 6.07) is 3.90. The molecular weight excluding hydrogens is 433 g/mol. The lowest BCUT2D eigenvalue weighted by Crippen LogP contribution is -2.32. The Bertz CT molecular complexity index is 615. The first-order valence-corrected chi connectivity index (χ1v) is 11.9. The van der Waals surface area contributed by atoms with Crippen molar-refractivity contribution in [3.8, 4) is 0 Å². The van der Waals surface area contributed by atoms with Crippen LogP contribution < -0.4 is 16.4 Å². The average molecular weight is 464 g/mol. The lowest BCUT2D eigenvalue weighted by molar-refractivity contribution is -0.137. The molecule has 0 saturated carbocycles. The normalized spacial score (nSPS) is 11.8. The fourth-order valence-electron chi connectivity index (χ4n) is 2.67. The van der Waals surface area contributed by atoms with Gasteiger partial charge in [-0.1, -0.05) is 61.7 Å². The van der Waals surface area contributed by atoms with Crippen molar-refractivity contribution in [2.24, 2.45) is 5.73 Å². The van der Waals surface area contributed by atoms with E-state index in [9.17, 15) is 9.59 Å². The molecule has 6 nitrogen and oxygen atoms in total. The number of nitrogens with one attached hydrogen (secondary N) is 2. The van der Waals surface area contributed by atoms with Crippen LogP contribution in [0.4, 0.5) is 10.5 Å². The summed E-state index contributed by atoms with van der Waals surface area (Å²) in [7, 11) is 0. The van der Waals surface area contributed by atoms with Crippen LogP contribution in [-0.2, 0) is 4.79 Å².